The van der Waals surface area contributed by atoms with E-state index in [9.17, 15) is 0 Å². The summed E-state index contributed by atoms with van der Waals surface area (Å²) in [6, 6.07) is 7.94. The van der Waals surface area contributed by atoms with Crippen molar-refractivity contribution < 1.29 is 4.74 Å². The van der Waals surface area contributed by atoms with Gasteiger partial charge in [0.05, 0.1) is 34.7 Å². The molecule has 5 nitrogen and oxygen atoms in total. The molecule has 0 spiro atoms. The third-order valence-corrected chi connectivity index (χ3v) is 3.28. The van der Waals surface area contributed by atoms with Crippen molar-refractivity contribution in [3.05, 3.63) is 53.3 Å². The van der Waals surface area contributed by atoms with Crippen LogP contribution in [-0.2, 0) is 0 Å². The largest absolute Gasteiger partial charge is 0.464 e. The Labute approximate surface area is 113 Å². The Kier molecular flexibility index (Phi) is 3.33. The Morgan fingerprint density at radius 1 is 1.11 bits per heavy atom. The molecular formula is C13H10N4OS. The van der Waals surface area contributed by atoms with Gasteiger partial charge in [-0.05, 0) is 18.2 Å². The SMILES string of the molecule is C1=Cc2scnc2-c2ccccc2O1.c1cn[nH]n1. The number of thiazole rings is 1. The molecule has 0 saturated carbocycles. The van der Waals surface area contributed by atoms with E-state index in [1.165, 1.54) is 0 Å². The van der Waals surface area contributed by atoms with Gasteiger partial charge in [0.2, 0.25) is 0 Å². The number of para-hydroxylation sites is 1. The topological polar surface area (TPSA) is 63.7 Å². The van der Waals surface area contributed by atoms with E-state index >= 15 is 0 Å². The molecule has 0 amide bonds. The number of hydrogen-bond acceptors (Lipinski definition) is 5. The molecule has 0 radical (unpaired) electrons. The van der Waals surface area contributed by atoms with E-state index in [4.69, 9.17) is 4.74 Å². The summed E-state index contributed by atoms with van der Waals surface area (Å²) in [5, 5.41) is 9.33. The average Bonchev–Trinajstić information content (AvgIpc) is 3.12. The van der Waals surface area contributed by atoms with E-state index in [2.05, 4.69) is 20.4 Å². The number of aromatic nitrogens is 4. The molecule has 94 valence electrons. The minimum Gasteiger partial charge on any atom is -0.464 e. The maximum atomic E-state index is 5.48. The molecule has 0 saturated heterocycles. The molecule has 6 heteroatoms. The number of benzene rings is 1. The van der Waals surface area contributed by atoms with Crippen molar-refractivity contribution in [3.63, 3.8) is 0 Å². The summed E-state index contributed by atoms with van der Waals surface area (Å²) in [6.07, 6.45) is 6.83. The second-order valence-corrected chi connectivity index (χ2v) is 4.52. The van der Waals surface area contributed by atoms with Crippen LogP contribution in [0.25, 0.3) is 17.3 Å². The van der Waals surface area contributed by atoms with Gasteiger partial charge < -0.3 is 4.74 Å². The van der Waals surface area contributed by atoms with Gasteiger partial charge in [-0.25, -0.2) is 4.98 Å². The second kappa shape index (κ2) is 5.45. The van der Waals surface area contributed by atoms with Crippen LogP contribution in [0.4, 0.5) is 0 Å². The Morgan fingerprint density at radius 3 is 2.74 bits per heavy atom. The lowest BCUT2D eigenvalue weighted by Gasteiger charge is -2.03. The fraction of sp³-hybridized carbons (Fsp3) is 0. The van der Waals surface area contributed by atoms with Crippen LogP contribution in [0.2, 0.25) is 0 Å². The number of rotatable bonds is 0. The highest BCUT2D eigenvalue weighted by Crippen LogP contribution is 2.35. The molecule has 1 N–H and O–H groups in total. The van der Waals surface area contributed by atoms with Crippen molar-refractivity contribution in [2.24, 2.45) is 0 Å². The Hall–Kier alpha value is -2.47. The summed E-state index contributed by atoms with van der Waals surface area (Å²) >= 11 is 1.62. The predicted molar refractivity (Wildman–Crippen MR) is 73.6 cm³/mol. The van der Waals surface area contributed by atoms with Crippen LogP contribution in [0.15, 0.2) is 48.4 Å². The zero-order chi connectivity index (χ0) is 12.9. The number of ether oxygens (including phenoxy) is 1. The first-order valence-electron chi connectivity index (χ1n) is 5.61. The number of hydrogen-bond donors (Lipinski definition) is 1. The van der Waals surface area contributed by atoms with E-state index in [1.54, 1.807) is 30.0 Å². The van der Waals surface area contributed by atoms with Crippen molar-refractivity contribution in [3.8, 4) is 17.0 Å². The summed E-state index contributed by atoms with van der Waals surface area (Å²) < 4.78 is 5.48. The molecule has 1 aromatic carbocycles. The smallest absolute Gasteiger partial charge is 0.135 e. The normalized spacial score (nSPS) is 11.4. The van der Waals surface area contributed by atoms with Gasteiger partial charge >= 0.3 is 0 Å². The predicted octanol–water partition coefficient (Wildman–Crippen LogP) is 2.98. The monoisotopic (exact) mass is 270 g/mol. The minimum atomic E-state index is 0.869. The lowest BCUT2D eigenvalue weighted by atomic mass is 10.1. The first-order valence-corrected chi connectivity index (χ1v) is 6.49. The molecule has 2 aromatic heterocycles. The van der Waals surface area contributed by atoms with Gasteiger partial charge in [-0.3, -0.25) is 0 Å². The van der Waals surface area contributed by atoms with Gasteiger partial charge in [-0.1, -0.05) is 12.1 Å². The van der Waals surface area contributed by atoms with Gasteiger partial charge in [0.15, 0.2) is 0 Å². The average molecular weight is 270 g/mol. The van der Waals surface area contributed by atoms with Crippen LogP contribution in [0, 0.1) is 0 Å². The first-order chi connectivity index (χ1) is 9.45. The number of H-pyrrole nitrogens is 1. The third kappa shape index (κ3) is 2.53. The molecule has 0 unspecified atom stereocenters. The van der Waals surface area contributed by atoms with E-state index in [1.807, 2.05) is 35.9 Å². The molecule has 3 aromatic rings. The molecule has 1 aliphatic heterocycles. The van der Waals surface area contributed by atoms with Gasteiger partial charge in [-0.2, -0.15) is 15.4 Å². The molecule has 3 heterocycles. The zero-order valence-electron chi connectivity index (χ0n) is 9.85. The summed E-state index contributed by atoms with van der Waals surface area (Å²) in [4.78, 5) is 5.49. The van der Waals surface area contributed by atoms with Crippen molar-refractivity contribution in [1.82, 2.24) is 20.4 Å². The van der Waals surface area contributed by atoms with E-state index < -0.39 is 0 Å². The van der Waals surface area contributed by atoms with Gasteiger partial charge in [0.25, 0.3) is 0 Å². The van der Waals surface area contributed by atoms with Crippen molar-refractivity contribution in [1.29, 1.82) is 0 Å². The summed E-state index contributed by atoms with van der Waals surface area (Å²) in [5.74, 6) is 0.869. The maximum Gasteiger partial charge on any atom is 0.135 e. The highest BCUT2D eigenvalue weighted by atomic mass is 32.1. The zero-order valence-corrected chi connectivity index (χ0v) is 10.7. The second-order valence-electron chi connectivity index (χ2n) is 3.64. The lowest BCUT2D eigenvalue weighted by molar-refractivity contribution is 0.488. The summed E-state index contributed by atoms with van der Waals surface area (Å²) in [6.45, 7) is 0. The minimum absolute atomic E-state index is 0.869. The molecule has 19 heavy (non-hydrogen) atoms. The number of aromatic amines is 1. The van der Waals surface area contributed by atoms with Crippen LogP contribution >= 0.6 is 11.3 Å². The molecule has 0 aliphatic carbocycles. The highest BCUT2D eigenvalue weighted by molar-refractivity contribution is 7.11. The van der Waals surface area contributed by atoms with E-state index in [-0.39, 0.29) is 0 Å². The standard InChI is InChI=1S/C11H7NOS.C2H3N3/c1-2-4-9-8(3-1)11-10(5-6-13-9)14-7-12-11;1-2-4-5-3-1/h1-7H;1-2H,(H,3,4,5). The van der Waals surface area contributed by atoms with Crippen LogP contribution in [-0.4, -0.2) is 20.4 Å². The van der Waals surface area contributed by atoms with E-state index in [0.717, 1.165) is 21.9 Å². The van der Waals surface area contributed by atoms with Crippen LogP contribution in [0.3, 0.4) is 0 Å². The third-order valence-electron chi connectivity index (χ3n) is 2.48. The Bertz CT molecular complexity index is 658. The molecular weight excluding hydrogens is 260 g/mol. The fourth-order valence-corrected chi connectivity index (χ4v) is 2.36. The number of fused-ring (bicyclic) bond motifs is 3. The van der Waals surface area contributed by atoms with Crippen LogP contribution in [0.5, 0.6) is 5.75 Å². The number of nitrogens with zero attached hydrogens (tertiary/aromatic N) is 3. The Balaban J connectivity index is 0.000000187. The quantitative estimate of drug-likeness (QED) is 0.682. The summed E-state index contributed by atoms with van der Waals surface area (Å²) in [5.41, 5.74) is 3.94. The molecule has 0 atom stereocenters. The van der Waals surface area contributed by atoms with Gasteiger partial charge in [0.1, 0.15) is 5.75 Å². The molecule has 0 fully saturated rings. The maximum absolute atomic E-state index is 5.48. The highest BCUT2D eigenvalue weighted by Gasteiger charge is 2.13. The van der Waals surface area contributed by atoms with Crippen LogP contribution in [0.1, 0.15) is 4.88 Å². The van der Waals surface area contributed by atoms with Crippen molar-refractivity contribution >= 4 is 17.4 Å². The van der Waals surface area contributed by atoms with Gasteiger partial charge in [0, 0.05) is 5.56 Å². The molecule has 4 rings (SSSR count). The van der Waals surface area contributed by atoms with Crippen LogP contribution < -0.4 is 4.74 Å². The van der Waals surface area contributed by atoms with Gasteiger partial charge in [-0.15, -0.1) is 11.3 Å². The van der Waals surface area contributed by atoms with Crippen molar-refractivity contribution in [2.75, 3.05) is 0 Å². The van der Waals surface area contributed by atoms with E-state index in [0.29, 0.717) is 0 Å². The molecule has 1 aliphatic rings. The summed E-state index contributed by atoms with van der Waals surface area (Å²) in [7, 11) is 0. The lowest BCUT2D eigenvalue weighted by Crippen LogP contribution is -1.84. The van der Waals surface area contributed by atoms with Crippen molar-refractivity contribution in [2.45, 2.75) is 0 Å². The first kappa shape index (κ1) is 11.6. The molecule has 0 bridgehead atoms. The number of nitrogens with one attached hydrogen (secondary N) is 1. The fourth-order valence-electron chi connectivity index (χ4n) is 1.68. The Morgan fingerprint density at radius 2 is 1.95 bits per heavy atom.